The Bertz CT molecular complexity index is 1160. The van der Waals surface area contributed by atoms with Gasteiger partial charge in [0.25, 0.3) is 0 Å². The van der Waals surface area contributed by atoms with Gasteiger partial charge in [-0.2, -0.15) is 4.98 Å². The average Bonchev–Trinajstić information content (AvgIpc) is 2.73. The maximum atomic E-state index is 6.30. The quantitative estimate of drug-likeness (QED) is 0.415. The number of halogens is 1. The first-order valence-electron chi connectivity index (χ1n) is 9.30. The molecule has 2 N–H and O–H groups in total. The number of aromatic nitrogens is 2. The summed E-state index contributed by atoms with van der Waals surface area (Å²) >= 11 is 6.30. The third-order valence-electron chi connectivity index (χ3n) is 4.61. The molecule has 0 fully saturated rings. The summed E-state index contributed by atoms with van der Waals surface area (Å²) in [7, 11) is 1.65. The molecular formula is C23H21ClN4O. The van der Waals surface area contributed by atoms with E-state index in [-0.39, 0.29) is 0 Å². The number of fused-ring (bicyclic) bond motifs is 1. The molecule has 0 amide bonds. The molecule has 0 atom stereocenters. The number of rotatable bonds is 6. The van der Waals surface area contributed by atoms with Gasteiger partial charge in [-0.15, -0.1) is 0 Å². The Hall–Kier alpha value is -3.31. The first kappa shape index (κ1) is 19.0. The summed E-state index contributed by atoms with van der Waals surface area (Å²) in [5.74, 6) is 1.97. The molecule has 0 bridgehead atoms. The number of hydrogen-bond acceptors (Lipinski definition) is 5. The molecule has 4 aromatic rings. The van der Waals surface area contributed by atoms with Crippen molar-refractivity contribution in [2.75, 3.05) is 17.7 Å². The van der Waals surface area contributed by atoms with Crippen LogP contribution < -0.4 is 15.4 Å². The van der Waals surface area contributed by atoms with Gasteiger partial charge in [0.05, 0.1) is 18.3 Å². The van der Waals surface area contributed by atoms with E-state index in [0.717, 1.165) is 44.3 Å². The largest absolute Gasteiger partial charge is 0.495 e. The predicted octanol–water partition coefficient (Wildman–Crippen LogP) is 5.96. The summed E-state index contributed by atoms with van der Waals surface area (Å²) in [6.45, 7) is 2.59. The zero-order valence-electron chi connectivity index (χ0n) is 16.2. The molecule has 146 valence electrons. The van der Waals surface area contributed by atoms with Crippen molar-refractivity contribution in [2.24, 2.45) is 0 Å². The van der Waals surface area contributed by atoms with Crippen molar-refractivity contribution in [3.63, 3.8) is 0 Å². The van der Waals surface area contributed by atoms with Crippen molar-refractivity contribution in [1.29, 1.82) is 0 Å². The van der Waals surface area contributed by atoms with E-state index in [4.69, 9.17) is 21.3 Å². The van der Waals surface area contributed by atoms with Crippen LogP contribution >= 0.6 is 11.6 Å². The summed E-state index contributed by atoms with van der Waals surface area (Å²) in [6.07, 6.45) is 0. The van der Waals surface area contributed by atoms with Crippen LogP contribution in [0.2, 0.25) is 5.02 Å². The number of methoxy groups -OCH3 is 1. The molecule has 0 radical (unpaired) electrons. The number of nitrogens with one attached hydrogen (secondary N) is 2. The van der Waals surface area contributed by atoms with Crippen LogP contribution in [-0.2, 0) is 6.54 Å². The molecular weight excluding hydrogens is 384 g/mol. The maximum absolute atomic E-state index is 6.30. The summed E-state index contributed by atoms with van der Waals surface area (Å²) in [5, 5.41) is 8.37. The number of ether oxygens (including phenoxy) is 1. The van der Waals surface area contributed by atoms with E-state index >= 15 is 0 Å². The third-order valence-corrected chi connectivity index (χ3v) is 4.98. The highest BCUT2D eigenvalue weighted by molar-refractivity contribution is 6.31. The van der Waals surface area contributed by atoms with Gasteiger partial charge in [-0.3, -0.25) is 0 Å². The minimum absolute atomic E-state index is 0.495. The summed E-state index contributed by atoms with van der Waals surface area (Å²) in [4.78, 5) is 9.38. The van der Waals surface area contributed by atoms with Crippen LogP contribution in [0.15, 0.2) is 66.7 Å². The minimum Gasteiger partial charge on any atom is -0.495 e. The highest BCUT2D eigenvalue weighted by atomic mass is 35.5. The molecule has 6 heteroatoms. The molecule has 3 aromatic carbocycles. The summed E-state index contributed by atoms with van der Waals surface area (Å²) < 4.78 is 5.46. The molecule has 29 heavy (non-hydrogen) atoms. The van der Waals surface area contributed by atoms with E-state index in [0.29, 0.717) is 12.5 Å². The lowest BCUT2D eigenvalue weighted by Gasteiger charge is -2.14. The van der Waals surface area contributed by atoms with Crippen LogP contribution in [0.25, 0.3) is 10.9 Å². The second-order valence-corrected chi connectivity index (χ2v) is 7.09. The molecule has 0 saturated heterocycles. The molecule has 4 rings (SSSR count). The number of para-hydroxylation sites is 1. The van der Waals surface area contributed by atoms with Crippen molar-refractivity contribution in [2.45, 2.75) is 13.5 Å². The van der Waals surface area contributed by atoms with Crippen molar-refractivity contribution >= 4 is 40.0 Å². The van der Waals surface area contributed by atoms with Crippen LogP contribution in [0.4, 0.5) is 17.5 Å². The lowest BCUT2D eigenvalue weighted by molar-refractivity contribution is 0.416. The Morgan fingerprint density at radius 2 is 1.76 bits per heavy atom. The number of hydrogen-bond donors (Lipinski definition) is 2. The van der Waals surface area contributed by atoms with E-state index < -0.39 is 0 Å². The number of benzene rings is 3. The number of aryl methyl sites for hydroxylation is 1. The summed E-state index contributed by atoms with van der Waals surface area (Å²) in [5.41, 5.74) is 3.79. The topological polar surface area (TPSA) is 59.1 Å². The molecule has 1 aromatic heterocycles. The van der Waals surface area contributed by atoms with Crippen LogP contribution in [-0.4, -0.2) is 17.1 Å². The lowest BCUT2D eigenvalue weighted by atomic mass is 10.2. The van der Waals surface area contributed by atoms with Gasteiger partial charge in [0, 0.05) is 17.0 Å². The van der Waals surface area contributed by atoms with Gasteiger partial charge in [-0.25, -0.2) is 4.98 Å². The van der Waals surface area contributed by atoms with Crippen molar-refractivity contribution < 1.29 is 4.74 Å². The normalized spacial score (nSPS) is 10.7. The fourth-order valence-electron chi connectivity index (χ4n) is 3.13. The second kappa shape index (κ2) is 8.37. The highest BCUT2D eigenvalue weighted by Gasteiger charge is 2.11. The van der Waals surface area contributed by atoms with Crippen LogP contribution in [0.1, 0.15) is 11.1 Å². The molecule has 0 unspecified atom stereocenters. The first-order valence-corrected chi connectivity index (χ1v) is 9.67. The second-order valence-electron chi connectivity index (χ2n) is 6.69. The van der Waals surface area contributed by atoms with E-state index in [1.807, 2.05) is 73.7 Å². The predicted molar refractivity (Wildman–Crippen MR) is 119 cm³/mol. The van der Waals surface area contributed by atoms with Crippen LogP contribution in [0.5, 0.6) is 5.75 Å². The van der Waals surface area contributed by atoms with E-state index in [2.05, 4.69) is 15.6 Å². The molecule has 0 spiro atoms. The van der Waals surface area contributed by atoms with E-state index in [1.54, 1.807) is 7.11 Å². The Morgan fingerprint density at radius 1 is 0.966 bits per heavy atom. The van der Waals surface area contributed by atoms with E-state index in [1.165, 1.54) is 0 Å². The van der Waals surface area contributed by atoms with Gasteiger partial charge in [-0.1, -0.05) is 48.0 Å². The average molecular weight is 405 g/mol. The Kier molecular flexibility index (Phi) is 5.49. The monoisotopic (exact) mass is 404 g/mol. The fraction of sp³-hybridized carbons (Fsp3) is 0.130. The zero-order valence-corrected chi connectivity index (χ0v) is 17.0. The van der Waals surface area contributed by atoms with Crippen LogP contribution in [0, 0.1) is 6.92 Å². The Morgan fingerprint density at radius 3 is 2.59 bits per heavy atom. The Balaban J connectivity index is 1.69. The molecule has 1 heterocycles. The fourth-order valence-corrected chi connectivity index (χ4v) is 3.33. The standard InChI is InChI=1S/C23H21ClN4O/c1-15-11-12-21(29-2)20(13-15)27-23-26-19-10-6-4-8-17(19)22(28-23)25-14-16-7-3-5-9-18(16)24/h3-13H,14H2,1-2H3,(H2,25,26,27,28). The third kappa shape index (κ3) is 4.25. The van der Waals surface area contributed by atoms with Gasteiger partial charge >= 0.3 is 0 Å². The molecule has 0 aliphatic carbocycles. The summed E-state index contributed by atoms with van der Waals surface area (Å²) in [6, 6.07) is 21.6. The molecule has 0 saturated carbocycles. The maximum Gasteiger partial charge on any atom is 0.229 e. The lowest BCUT2D eigenvalue weighted by Crippen LogP contribution is -2.06. The first-order chi connectivity index (χ1) is 14.1. The van der Waals surface area contributed by atoms with E-state index in [9.17, 15) is 0 Å². The van der Waals surface area contributed by atoms with Gasteiger partial charge < -0.3 is 15.4 Å². The van der Waals surface area contributed by atoms with Crippen molar-refractivity contribution in [3.8, 4) is 5.75 Å². The van der Waals surface area contributed by atoms with Crippen molar-refractivity contribution in [3.05, 3.63) is 82.9 Å². The number of nitrogens with zero attached hydrogens (tertiary/aromatic N) is 2. The molecule has 0 aliphatic rings. The van der Waals surface area contributed by atoms with Gasteiger partial charge in [0.2, 0.25) is 5.95 Å². The number of anilines is 3. The smallest absolute Gasteiger partial charge is 0.229 e. The zero-order chi connectivity index (χ0) is 20.2. The van der Waals surface area contributed by atoms with Crippen molar-refractivity contribution in [1.82, 2.24) is 9.97 Å². The Labute approximate surface area is 174 Å². The minimum atomic E-state index is 0.495. The van der Waals surface area contributed by atoms with Crippen LogP contribution in [0.3, 0.4) is 0 Å². The van der Waals surface area contributed by atoms with Gasteiger partial charge in [0.1, 0.15) is 11.6 Å². The molecule has 5 nitrogen and oxygen atoms in total. The molecule has 0 aliphatic heterocycles. The van der Waals surface area contributed by atoms with Gasteiger partial charge in [0.15, 0.2) is 0 Å². The highest BCUT2D eigenvalue weighted by Crippen LogP contribution is 2.30. The SMILES string of the molecule is COc1ccc(C)cc1Nc1nc(NCc2ccccc2Cl)c2ccccc2n1. The van der Waals surface area contributed by atoms with Gasteiger partial charge in [-0.05, 0) is 48.4 Å².